The van der Waals surface area contributed by atoms with Crippen LogP contribution in [0.2, 0.25) is 0 Å². The molecule has 118 valence electrons. The van der Waals surface area contributed by atoms with Gasteiger partial charge in [-0.1, -0.05) is 17.7 Å². The minimum absolute atomic E-state index is 0.0722. The van der Waals surface area contributed by atoms with Gasteiger partial charge in [0.05, 0.1) is 10.6 Å². The first-order valence-corrected chi connectivity index (χ1v) is 8.88. The molecule has 7 heteroatoms. The van der Waals surface area contributed by atoms with Crippen LogP contribution < -0.4 is 0 Å². The van der Waals surface area contributed by atoms with Gasteiger partial charge in [0.25, 0.3) is 10.0 Å². The number of hydrogen-bond donors (Lipinski definition) is 0. The van der Waals surface area contributed by atoms with Crippen LogP contribution in [0, 0.1) is 6.92 Å². The molecule has 2 rings (SSSR count). The van der Waals surface area contributed by atoms with E-state index < -0.39 is 20.8 Å². The van der Waals surface area contributed by atoms with Gasteiger partial charge >= 0.3 is 0 Å². The Morgan fingerprint density at radius 1 is 0.955 bits per heavy atom. The number of sulfonamides is 1. The molecule has 0 aromatic heterocycles. The monoisotopic (exact) mass is 359 g/mol. The zero-order valence-electron chi connectivity index (χ0n) is 12.3. The van der Waals surface area contributed by atoms with Crippen molar-refractivity contribution in [1.82, 2.24) is 0 Å². The summed E-state index contributed by atoms with van der Waals surface area (Å²) in [4.78, 5) is 12.0. The maximum atomic E-state index is 12.4. The molecule has 0 radical (unpaired) electrons. The van der Waals surface area contributed by atoms with Gasteiger partial charge in [0.1, 0.15) is 10.8 Å². The molecule has 0 saturated carbocycles. The number of benzene rings is 1. The van der Waals surface area contributed by atoms with Crippen molar-refractivity contribution >= 4 is 44.7 Å². The highest BCUT2D eigenvalue weighted by molar-refractivity contribution is 7.90. The lowest BCUT2D eigenvalue weighted by Gasteiger charge is -2.25. The van der Waals surface area contributed by atoms with Gasteiger partial charge in [-0.05, 0) is 44.1 Å². The highest BCUT2D eigenvalue weighted by Crippen LogP contribution is 2.29. The molecule has 0 N–H and O–H groups in total. The first-order valence-electron chi connectivity index (χ1n) is 6.57. The van der Waals surface area contributed by atoms with E-state index in [0.29, 0.717) is 11.1 Å². The van der Waals surface area contributed by atoms with Gasteiger partial charge in [0.15, 0.2) is 5.78 Å². The van der Waals surface area contributed by atoms with Gasteiger partial charge in [-0.25, -0.2) is 0 Å². The van der Waals surface area contributed by atoms with Crippen LogP contribution in [0.3, 0.4) is 0 Å². The van der Waals surface area contributed by atoms with Crippen molar-refractivity contribution in [2.24, 2.45) is 4.40 Å². The molecular weight excluding hydrogens is 345 g/mol. The molecule has 22 heavy (non-hydrogen) atoms. The van der Waals surface area contributed by atoms with E-state index in [-0.39, 0.29) is 16.4 Å². The fraction of sp³-hybridized carbons (Fsp3) is 0.333. The highest BCUT2D eigenvalue weighted by Gasteiger charge is 2.37. The molecule has 1 aliphatic rings. The van der Waals surface area contributed by atoms with E-state index in [1.807, 2.05) is 6.92 Å². The third kappa shape index (κ3) is 3.12. The number of carbonyl (C=O) groups is 1. The smallest absolute Gasteiger partial charge is 0.282 e. The third-order valence-corrected chi connectivity index (χ3v) is 5.97. The van der Waals surface area contributed by atoms with Gasteiger partial charge in [-0.2, -0.15) is 12.8 Å². The highest BCUT2D eigenvalue weighted by atomic mass is 35.5. The summed E-state index contributed by atoms with van der Waals surface area (Å²) in [6.07, 6.45) is 0. The van der Waals surface area contributed by atoms with Crippen LogP contribution in [0.5, 0.6) is 0 Å². The largest absolute Gasteiger partial charge is 0.293 e. The van der Waals surface area contributed by atoms with E-state index in [1.54, 1.807) is 26.0 Å². The quantitative estimate of drug-likeness (QED) is 0.761. The lowest BCUT2D eigenvalue weighted by molar-refractivity contribution is -0.115. The first-order chi connectivity index (χ1) is 10.1. The normalized spacial score (nSPS) is 25.0. The molecule has 0 spiro atoms. The Kier molecular flexibility index (Phi) is 4.80. The number of ketones is 1. The van der Waals surface area contributed by atoms with Gasteiger partial charge in [0, 0.05) is 0 Å². The lowest BCUT2D eigenvalue weighted by Crippen LogP contribution is -2.39. The van der Waals surface area contributed by atoms with Crippen molar-refractivity contribution in [2.75, 3.05) is 0 Å². The number of halogens is 2. The van der Waals surface area contributed by atoms with Crippen molar-refractivity contribution < 1.29 is 13.2 Å². The summed E-state index contributed by atoms with van der Waals surface area (Å²) in [7, 11) is -3.91. The second-order valence-corrected chi connectivity index (χ2v) is 7.73. The van der Waals surface area contributed by atoms with Gasteiger partial charge in [-0.15, -0.1) is 23.2 Å². The van der Waals surface area contributed by atoms with E-state index in [1.165, 1.54) is 12.1 Å². The van der Waals surface area contributed by atoms with Crippen LogP contribution >= 0.6 is 23.2 Å². The minimum Gasteiger partial charge on any atom is -0.293 e. The summed E-state index contributed by atoms with van der Waals surface area (Å²) in [6.45, 7) is 5.07. The molecule has 1 aromatic rings. The van der Waals surface area contributed by atoms with Crippen LogP contribution in [-0.4, -0.2) is 30.7 Å². The zero-order chi connectivity index (χ0) is 16.7. The summed E-state index contributed by atoms with van der Waals surface area (Å²) in [5.41, 5.74) is 1.91. The van der Waals surface area contributed by atoms with Gasteiger partial charge < -0.3 is 0 Å². The summed E-state index contributed by atoms with van der Waals surface area (Å²) in [6, 6.07) is 6.34. The number of allylic oxidation sites excluding steroid dienone is 2. The number of nitrogens with zero attached hydrogens (tertiary/aromatic N) is 1. The summed E-state index contributed by atoms with van der Waals surface area (Å²) < 4.78 is 28.6. The topological polar surface area (TPSA) is 63.6 Å². The second-order valence-electron chi connectivity index (χ2n) is 5.18. The van der Waals surface area contributed by atoms with E-state index in [9.17, 15) is 13.2 Å². The first kappa shape index (κ1) is 17.2. The van der Waals surface area contributed by atoms with Crippen molar-refractivity contribution in [2.45, 2.75) is 36.4 Å². The molecule has 0 amide bonds. The number of aryl methyl sites for hydroxylation is 1. The molecule has 4 nitrogen and oxygen atoms in total. The molecule has 0 fully saturated rings. The van der Waals surface area contributed by atoms with Crippen molar-refractivity contribution in [3.8, 4) is 0 Å². The summed E-state index contributed by atoms with van der Waals surface area (Å²) >= 11 is 12.1. The molecule has 0 unspecified atom stereocenters. The van der Waals surface area contributed by atoms with Crippen LogP contribution in [0.25, 0.3) is 0 Å². The average molecular weight is 360 g/mol. The SMILES string of the molecule is CC1=C(C)C(=NS(=O)(=O)c2ccc(C)cc2)[C@H](Cl)[C@@H](Cl)C1=O. The third-order valence-electron chi connectivity index (χ3n) is 3.62. The summed E-state index contributed by atoms with van der Waals surface area (Å²) in [5.74, 6) is -0.300. The predicted octanol–water partition coefficient (Wildman–Crippen LogP) is 3.26. The number of carbonyl (C=O) groups excluding carboxylic acids is 1. The Bertz CT molecular complexity index is 780. The molecular formula is C15H15Cl2NO3S. The van der Waals surface area contributed by atoms with Crippen molar-refractivity contribution in [1.29, 1.82) is 0 Å². The molecule has 1 aliphatic carbocycles. The Hall–Kier alpha value is -1.17. The maximum Gasteiger partial charge on any atom is 0.282 e. The van der Waals surface area contributed by atoms with E-state index >= 15 is 0 Å². The van der Waals surface area contributed by atoms with Crippen LogP contribution in [0.4, 0.5) is 0 Å². The van der Waals surface area contributed by atoms with E-state index in [4.69, 9.17) is 23.2 Å². The number of hydrogen-bond acceptors (Lipinski definition) is 3. The standard InChI is InChI=1S/C15H15Cl2NO3S/c1-8-4-6-11(7-5-8)22(20,21)18-14-9(2)10(3)15(19)13(17)12(14)16/h4-7,12-13H,1-3H3/t12-,13-/m1/s1. The molecule has 2 atom stereocenters. The average Bonchev–Trinajstić information content (AvgIpc) is 2.48. The van der Waals surface area contributed by atoms with Crippen molar-refractivity contribution in [3.63, 3.8) is 0 Å². The van der Waals surface area contributed by atoms with Crippen LogP contribution in [0.1, 0.15) is 19.4 Å². The second kappa shape index (κ2) is 6.14. The Morgan fingerprint density at radius 2 is 1.50 bits per heavy atom. The van der Waals surface area contributed by atoms with Gasteiger partial charge in [-0.3, -0.25) is 4.79 Å². The molecule has 0 aliphatic heterocycles. The van der Waals surface area contributed by atoms with Crippen molar-refractivity contribution in [3.05, 3.63) is 41.0 Å². The number of alkyl halides is 2. The zero-order valence-corrected chi connectivity index (χ0v) is 14.6. The van der Waals surface area contributed by atoms with Crippen LogP contribution in [0.15, 0.2) is 44.7 Å². The Labute approximate surface area is 139 Å². The fourth-order valence-electron chi connectivity index (χ4n) is 2.07. The Morgan fingerprint density at radius 3 is 2.05 bits per heavy atom. The molecule has 0 heterocycles. The van der Waals surface area contributed by atoms with E-state index in [2.05, 4.69) is 4.40 Å². The van der Waals surface area contributed by atoms with Crippen LogP contribution in [-0.2, 0) is 14.8 Å². The van der Waals surface area contributed by atoms with Gasteiger partial charge in [0.2, 0.25) is 0 Å². The molecule has 0 saturated heterocycles. The molecule has 1 aromatic carbocycles. The predicted molar refractivity (Wildman–Crippen MR) is 88.5 cm³/mol. The Balaban J connectivity index is 2.55. The lowest BCUT2D eigenvalue weighted by atomic mass is 9.90. The van der Waals surface area contributed by atoms with E-state index in [0.717, 1.165) is 5.56 Å². The summed E-state index contributed by atoms with van der Waals surface area (Å²) in [5, 5.41) is -1.99. The minimum atomic E-state index is -3.91. The maximum absolute atomic E-state index is 12.4. The number of Topliss-reactive ketones (excluding diaryl/α,β-unsaturated/α-hetero) is 1. The fourth-order valence-corrected chi connectivity index (χ4v) is 3.84. The molecule has 0 bridgehead atoms. The number of rotatable bonds is 2.